The van der Waals surface area contributed by atoms with Gasteiger partial charge in [0.1, 0.15) is 0 Å². The van der Waals surface area contributed by atoms with Crippen molar-refractivity contribution in [3.8, 4) is 0 Å². The first-order chi connectivity index (χ1) is 5.70. The van der Waals surface area contributed by atoms with Crippen molar-refractivity contribution in [2.45, 2.75) is 19.9 Å². The minimum absolute atomic E-state index is 0.125. The number of hydrogen-bond acceptors (Lipinski definition) is 3. The lowest BCUT2D eigenvalue weighted by Crippen LogP contribution is -2.30. The molecule has 12 heavy (non-hydrogen) atoms. The van der Waals surface area contributed by atoms with Crippen LogP contribution in [0.15, 0.2) is 18.3 Å². The average Bonchev–Trinajstić information content (AvgIpc) is 2.05. The quantitative estimate of drug-likeness (QED) is 0.698. The van der Waals surface area contributed by atoms with E-state index >= 15 is 0 Å². The lowest BCUT2D eigenvalue weighted by Gasteiger charge is -2.05. The molecule has 1 rings (SSSR count). The Morgan fingerprint density at radius 2 is 2.33 bits per heavy atom. The molecular formula is C8H11N3O. The smallest absolute Gasteiger partial charge is 0.271 e. The topological polar surface area (TPSA) is 54.9 Å². The summed E-state index contributed by atoms with van der Waals surface area (Å²) in [6, 6.07) is 3.44. The molecule has 1 aromatic rings. The molecule has 0 unspecified atom stereocenters. The Hall–Kier alpha value is -1.45. The van der Waals surface area contributed by atoms with Gasteiger partial charge in [-0.25, -0.2) is 0 Å². The highest BCUT2D eigenvalue weighted by Gasteiger charge is 2.06. The van der Waals surface area contributed by atoms with Crippen LogP contribution in [0.1, 0.15) is 24.3 Å². The zero-order chi connectivity index (χ0) is 8.97. The molecule has 0 aliphatic carbocycles. The standard InChI is InChI=1S/C8H11N3O/c1-6(2)10-8(12)7-4-3-5-9-11-7/h3-6H,1-2H3,(H,10,12). The van der Waals surface area contributed by atoms with Gasteiger partial charge in [0.15, 0.2) is 5.69 Å². The molecule has 4 heteroatoms. The van der Waals surface area contributed by atoms with Crippen molar-refractivity contribution in [3.63, 3.8) is 0 Å². The van der Waals surface area contributed by atoms with Crippen LogP contribution in [0.2, 0.25) is 0 Å². The highest BCUT2D eigenvalue weighted by molar-refractivity contribution is 5.92. The second-order valence-electron chi connectivity index (χ2n) is 2.74. The SMILES string of the molecule is CC(C)NC(=O)c1cccnn1. The summed E-state index contributed by atoms with van der Waals surface area (Å²) in [7, 11) is 0. The number of nitrogens with zero attached hydrogens (tertiary/aromatic N) is 2. The first-order valence-corrected chi connectivity index (χ1v) is 3.78. The molecule has 4 nitrogen and oxygen atoms in total. The molecule has 0 saturated carbocycles. The normalized spacial score (nSPS) is 9.92. The van der Waals surface area contributed by atoms with Crippen LogP contribution in [0.5, 0.6) is 0 Å². The van der Waals surface area contributed by atoms with Gasteiger partial charge >= 0.3 is 0 Å². The molecule has 1 N–H and O–H groups in total. The number of rotatable bonds is 2. The minimum Gasteiger partial charge on any atom is -0.348 e. The van der Waals surface area contributed by atoms with Gasteiger partial charge in [0.2, 0.25) is 0 Å². The van der Waals surface area contributed by atoms with Crippen molar-refractivity contribution in [2.24, 2.45) is 0 Å². The van der Waals surface area contributed by atoms with Crippen LogP contribution in [0.25, 0.3) is 0 Å². The van der Waals surface area contributed by atoms with Crippen molar-refractivity contribution < 1.29 is 4.79 Å². The van der Waals surface area contributed by atoms with Gasteiger partial charge in [-0.3, -0.25) is 4.79 Å². The maximum absolute atomic E-state index is 11.2. The van der Waals surface area contributed by atoms with E-state index in [1.54, 1.807) is 12.1 Å². The molecular weight excluding hydrogens is 154 g/mol. The monoisotopic (exact) mass is 165 g/mol. The largest absolute Gasteiger partial charge is 0.348 e. The summed E-state index contributed by atoms with van der Waals surface area (Å²) in [5, 5.41) is 9.99. The van der Waals surface area contributed by atoms with Gasteiger partial charge in [-0.2, -0.15) is 5.10 Å². The number of nitrogens with one attached hydrogen (secondary N) is 1. The van der Waals surface area contributed by atoms with Crippen LogP contribution in [0.4, 0.5) is 0 Å². The molecule has 0 radical (unpaired) electrons. The second kappa shape index (κ2) is 3.80. The fourth-order valence-electron chi connectivity index (χ4n) is 0.759. The Balaban J connectivity index is 2.66. The van der Waals surface area contributed by atoms with E-state index in [1.807, 2.05) is 13.8 Å². The molecule has 0 fully saturated rings. The molecule has 0 atom stereocenters. The third-order valence-electron chi connectivity index (χ3n) is 1.22. The number of amides is 1. The minimum atomic E-state index is -0.182. The summed E-state index contributed by atoms with van der Waals surface area (Å²) in [6.45, 7) is 3.79. The summed E-state index contributed by atoms with van der Waals surface area (Å²) >= 11 is 0. The summed E-state index contributed by atoms with van der Waals surface area (Å²) in [5.74, 6) is -0.182. The number of aromatic nitrogens is 2. The predicted octanol–water partition coefficient (Wildman–Crippen LogP) is 0.615. The Morgan fingerprint density at radius 1 is 1.58 bits per heavy atom. The van der Waals surface area contributed by atoms with Crippen LogP contribution in [0.3, 0.4) is 0 Å². The van der Waals surface area contributed by atoms with Crippen LogP contribution in [-0.2, 0) is 0 Å². The maximum atomic E-state index is 11.2. The number of hydrogen-bond donors (Lipinski definition) is 1. The van der Waals surface area contributed by atoms with Gasteiger partial charge < -0.3 is 5.32 Å². The maximum Gasteiger partial charge on any atom is 0.271 e. The van der Waals surface area contributed by atoms with Gasteiger partial charge in [-0.05, 0) is 26.0 Å². The van der Waals surface area contributed by atoms with Crippen LogP contribution < -0.4 is 5.32 Å². The Labute approximate surface area is 71.0 Å². The molecule has 0 saturated heterocycles. The van der Waals surface area contributed by atoms with E-state index in [-0.39, 0.29) is 11.9 Å². The molecule has 0 aliphatic heterocycles. The van der Waals surface area contributed by atoms with Crippen molar-refractivity contribution in [2.75, 3.05) is 0 Å². The first kappa shape index (κ1) is 8.64. The van der Waals surface area contributed by atoms with Crippen molar-refractivity contribution in [1.29, 1.82) is 0 Å². The summed E-state index contributed by atoms with van der Waals surface area (Å²) in [4.78, 5) is 11.2. The molecule has 0 spiro atoms. The van der Waals surface area contributed by atoms with Crippen LogP contribution >= 0.6 is 0 Å². The number of carbonyl (C=O) groups excluding carboxylic acids is 1. The predicted molar refractivity (Wildman–Crippen MR) is 44.6 cm³/mol. The third kappa shape index (κ3) is 2.30. The van der Waals surface area contributed by atoms with E-state index in [0.29, 0.717) is 5.69 Å². The zero-order valence-electron chi connectivity index (χ0n) is 7.11. The molecule has 1 aromatic heterocycles. The summed E-state index contributed by atoms with van der Waals surface area (Å²) < 4.78 is 0. The first-order valence-electron chi connectivity index (χ1n) is 3.78. The molecule has 64 valence electrons. The van der Waals surface area contributed by atoms with Gasteiger partial charge in [0, 0.05) is 12.2 Å². The fraction of sp³-hybridized carbons (Fsp3) is 0.375. The highest BCUT2D eigenvalue weighted by atomic mass is 16.1. The second-order valence-corrected chi connectivity index (χ2v) is 2.74. The molecule has 0 bridgehead atoms. The highest BCUT2D eigenvalue weighted by Crippen LogP contribution is 1.91. The van der Waals surface area contributed by atoms with Crippen molar-refractivity contribution >= 4 is 5.91 Å². The molecule has 1 amide bonds. The van der Waals surface area contributed by atoms with Crippen LogP contribution in [0, 0.1) is 0 Å². The number of carbonyl (C=O) groups is 1. The van der Waals surface area contributed by atoms with Crippen LogP contribution in [-0.4, -0.2) is 22.1 Å². The third-order valence-corrected chi connectivity index (χ3v) is 1.22. The zero-order valence-corrected chi connectivity index (χ0v) is 7.11. The average molecular weight is 165 g/mol. The lowest BCUT2D eigenvalue weighted by atomic mass is 10.3. The van der Waals surface area contributed by atoms with E-state index in [1.165, 1.54) is 6.20 Å². The van der Waals surface area contributed by atoms with Crippen molar-refractivity contribution in [1.82, 2.24) is 15.5 Å². The van der Waals surface area contributed by atoms with E-state index in [4.69, 9.17) is 0 Å². The Morgan fingerprint density at radius 3 is 2.83 bits per heavy atom. The van der Waals surface area contributed by atoms with E-state index in [2.05, 4.69) is 15.5 Å². The van der Waals surface area contributed by atoms with E-state index in [0.717, 1.165) is 0 Å². The van der Waals surface area contributed by atoms with Crippen molar-refractivity contribution in [3.05, 3.63) is 24.0 Å². The van der Waals surface area contributed by atoms with E-state index in [9.17, 15) is 4.79 Å². The fourth-order valence-corrected chi connectivity index (χ4v) is 0.759. The molecule has 0 aromatic carbocycles. The lowest BCUT2D eigenvalue weighted by molar-refractivity contribution is 0.0937. The van der Waals surface area contributed by atoms with Gasteiger partial charge in [0.25, 0.3) is 5.91 Å². The summed E-state index contributed by atoms with van der Waals surface area (Å²) in [6.07, 6.45) is 1.53. The summed E-state index contributed by atoms with van der Waals surface area (Å²) in [5.41, 5.74) is 0.353. The van der Waals surface area contributed by atoms with Gasteiger partial charge in [0.05, 0.1) is 0 Å². The Bertz CT molecular complexity index is 258. The molecule has 1 heterocycles. The van der Waals surface area contributed by atoms with Gasteiger partial charge in [-0.15, -0.1) is 5.10 Å². The van der Waals surface area contributed by atoms with Gasteiger partial charge in [-0.1, -0.05) is 0 Å². The molecule has 0 aliphatic rings. The van der Waals surface area contributed by atoms with E-state index < -0.39 is 0 Å². The Kier molecular flexibility index (Phi) is 2.74.